The van der Waals surface area contributed by atoms with Crippen LogP contribution in [0.25, 0.3) is 0 Å². The second-order valence-electron chi connectivity index (χ2n) is 4.74. The number of nitrogens with two attached hydrogens (primary N) is 1. The van der Waals surface area contributed by atoms with Crippen LogP contribution in [0.3, 0.4) is 0 Å². The minimum absolute atomic E-state index is 0.0877. The number of carbonyl (C=O) groups is 1. The summed E-state index contributed by atoms with van der Waals surface area (Å²) in [7, 11) is 0. The number of hydrogen-bond acceptors (Lipinski definition) is 3. The van der Waals surface area contributed by atoms with E-state index in [1.54, 1.807) is 0 Å². The van der Waals surface area contributed by atoms with E-state index in [4.69, 9.17) is 10.9 Å². The Bertz CT molecular complexity index is 418. The van der Waals surface area contributed by atoms with Gasteiger partial charge in [-0.15, -0.1) is 0 Å². The van der Waals surface area contributed by atoms with E-state index in [9.17, 15) is 4.79 Å². The highest BCUT2D eigenvalue weighted by molar-refractivity contribution is 5.79. The van der Waals surface area contributed by atoms with Crippen molar-refractivity contribution in [3.05, 3.63) is 35.9 Å². The first-order valence-corrected chi connectivity index (χ1v) is 6.99. The molecule has 0 aromatic heterocycles. The summed E-state index contributed by atoms with van der Waals surface area (Å²) in [5.41, 5.74) is 6.61. The van der Waals surface area contributed by atoms with Crippen molar-refractivity contribution < 1.29 is 10.0 Å². The van der Waals surface area contributed by atoms with Crippen LogP contribution in [-0.2, 0) is 11.2 Å². The maximum Gasteiger partial charge on any atom is 0.220 e. The molecule has 0 saturated carbocycles. The van der Waals surface area contributed by atoms with Crippen molar-refractivity contribution in [2.75, 3.05) is 6.54 Å². The molecule has 4 N–H and O–H groups in total. The monoisotopic (exact) mass is 277 g/mol. The largest absolute Gasteiger partial charge is 0.409 e. The lowest BCUT2D eigenvalue weighted by molar-refractivity contribution is -0.121. The third-order valence-corrected chi connectivity index (χ3v) is 3.02. The summed E-state index contributed by atoms with van der Waals surface area (Å²) in [5.74, 6) is 0.323. The molecule has 5 nitrogen and oxygen atoms in total. The van der Waals surface area contributed by atoms with E-state index in [2.05, 4.69) is 22.6 Å². The maximum absolute atomic E-state index is 11.6. The molecule has 110 valence electrons. The van der Waals surface area contributed by atoms with Gasteiger partial charge in [-0.25, -0.2) is 0 Å². The molecule has 0 aliphatic carbocycles. The normalized spacial score (nSPS) is 11.3. The summed E-state index contributed by atoms with van der Waals surface area (Å²) in [6, 6.07) is 10.2. The Morgan fingerprint density at radius 1 is 1.15 bits per heavy atom. The fraction of sp³-hybridized carbons (Fsp3) is 0.467. The molecule has 0 atom stereocenters. The summed E-state index contributed by atoms with van der Waals surface area (Å²) in [4.78, 5) is 11.6. The Labute approximate surface area is 119 Å². The minimum Gasteiger partial charge on any atom is -0.409 e. The molecule has 0 fully saturated rings. The van der Waals surface area contributed by atoms with Crippen molar-refractivity contribution in [2.45, 2.75) is 38.5 Å². The summed E-state index contributed by atoms with van der Waals surface area (Å²) in [6.07, 6.45) is 4.54. The Kier molecular flexibility index (Phi) is 7.87. The molecular weight excluding hydrogens is 254 g/mol. The molecule has 0 aliphatic heterocycles. The van der Waals surface area contributed by atoms with Gasteiger partial charge in [0.15, 0.2) is 0 Å². The average Bonchev–Trinajstić information content (AvgIpc) is 2.47. The SMILES string of the molecule is NC(CCCCNC(=O)CCCc1ccccc1)=NO. The third-order valence-electron chi connectivity index (χ3n) is 3.02. The van der Waals surface area contributed by atoms with Crippen molar-refractivity contribution in [3.63, 3.8) is 0 Å². The van der Waals surface area contributed by atoms with Crippen LogP contribution >= 0.6 is 0 Å². The Hall–Kier alpha value is -2.04. The van der Waals surface area contributed by atoms with Crippen LogP contribution in [0.15, 0.2) is 35.5 Å². The van der Waals surface area contributed by atoms with Gasteiger partial charge in [-0.05, 0) is 31.2 Å². The predicted octanol–water partition coefficient (Wildman–Crippen LogP) is 2.04. The number of amidine groups is 1. The number of nitrogens with zero attached hydrogens (tertiary/aromatic N) is 1. The van der Waals surface area contributed by atoms with Crippen molar-refractivity contribution in [2.24, 2.45) is 10.9 Å². The number of benzene rings is 1. The summed E-state index contributed by atoms with van der Waals surface area (Å²) < 4.78 is 0. The molecule has 0 aliphatic rings. The zero-order valence-electron chi connectivity index (χ0n) is 11.7. The molecule has 0 unspecified atom stereocenters. The van der Waals surface area contributed by atoms with Gasteiger partial charge in [-0.2, -0.15) is 0 Å². The number of rotatable bonds is 9. The molecule has 1 rings (SSSR count). The molecule has 5 heteroatoms. The van der Waals surface area contributed by atoms with Crippen LogP contribution in [0.2, 0.25) is 0 Å². The van der Waals surface area contributed by atoms with Crippen LogP contribution in [0.1, 0.15) is 37.7 Å². The molecule has 1 aromatic rings. The van der Waals surface area contributed by atoms with Crippen molar-refractivity contribution in [1.82, 2.24) is 5.32 Å². The first kappa shape index (κ1) is 16.0. The molecule has 1 aromatic carbocycles. The second kappa shape index (κ2) is 9.83. The number of nitrogens with one attached hydrogen (secondary N) is 1. The lowest BCUT2D eigenvalue weighted by Crippen LogP contribution is -2.24. The van der Waals surface area contributed by atoms with E-state index in [0.717, 1.165) is 25.7 Å². The number of oxime groups is 1. The van der Waals surface area contributed by atoms with E-state index in [-0.39, 0.29) is 11.7 Å². The topological polar surface area (TPSA) is 87.7 Å². The van der Waals surface area contributed by atoms with E-state index in [0.29, 0.717) is 19.4 Å². The summed E-state index contributed by atoms with van der Waals surface area (Å²) in [5, 5.41) is 14.1. The maximum atomic E-state index is 11.6. The second-order valence-corrected chi connectivity index (χ2v) is 4.74. The van der Waals surface area contributed by atoms with Crippen LogP contribution in [0.4, 0.5) is 0 Å². The fourth-order valence-corrected chi connectivity index (χ4v) is 1.90. The van der Waals surface area contributed by atoms with Gasteiger partial charge in [0.25, 0.3) is 0 Å². The number of carbonyl (C=O) groups excluding carboxylic acids is 1. The Morgan fingerprint density at radius 3 is 2.60 bits per heavy atom. The quantitative estimate of drug-likeness (QED) is 0.212. The molecule has 0 heterocycles. The zero-order valence-corrected chi connectivity index (χ0v) is 11.7. The van der Waals surface area contributed by atoms with E-state index in [1.165, 1.54) is 5.56 Å². The lowest BCUT2D eigenvalue weighted by atomic mass is 10.1. The highest BCUT2D eigenvalue weighted by Gasteiger charge is 2.01. The van der Waals surface area contributed by atoms with E-state index in [1.807, 2.05) is 18.2 Å². The first-order chi connectivity index (χ1) is 9.72. The van der Waals surface area contributed by atoms with Gasteiger partial charge < -0.3 is 16.3 Å². The molecule has 20 heavy (non-hydrogen) atoms. The number of hydrogen-bond donors (Lipinski definition) is 3. The van der Waals surface area contributed by atoms with Crippen LogP contribution in [0.5, 0.6) is 0 Å². The van der Waals surface area contributed by atoms with Crippen molar-refractivity contribution >= 4 is 11.7 Å². The van der Waals surface area contributed by atoms with Gasteiger partial charge >= 0.3 is 0 Å². The van der Waals surface area contributed by atoms with Gasteiger partial charge in [0, 0.05) is 19.4 Å². The third kappa shape index (κ3) is 7.41. The number of amides is 1. The summed E-state index contributed by atoms with van der Waals surface area (Å²) >= 11 is 0. The van der Waals surface area contributed by atoms with Crippen LogP contribution in [-0.4, -0.2) is 23.5 Å². The van der Waals surface area contributed by atoms with Gasteiger partial charge in [0.05, 0.1) is 0 Å². The van der Waals surface area contributed by atoms with Crippen LogP contribution < -0.4 is 11.1 Å². The van der Waals surface area contributed by atoms with Crippen molar-refractivity contribution in [3.8, 4) is 0 Å². The molecular formula is C15H23N3O2. The van der Waals surface area contributed by atoms with Gasteiger partial charge in [-0.3, -0.25) is 4.79 Å². The minimum atomic E-state index is 0.0877. The molecule has 1 amide bonds. The van der Waals surface area contributed by atoms with E-state index < -0.39 is 0 Å². The molecule has 0 bridgehead atoms. The van der Waals surface area contributed by atoms with Gasteiger partial charge in [0.2, 0.25) is 5.91 Å². The zero-order chi connectivity index (χ0) is 14.6. The highest BCUT2D eigenvalue weighted by atomic mass is 16.4. The Balaban J connectivity index is 2.01. The van der Waals surface area contributed by atoms with Gasteiger partial charge in [0.1, 0.15) is 5.84 Å². The average molecular weight is 277 g/mol. The predicted molar refractivity (Wildman–Crippen MR) is 79.6 cm³/mol. The Morgan fingerprint density at radius 2 is 1.90 bits per heavy atom. The first-order valence-electron chi connectivity index (χ1n) is 6.99. The van der Waals surface area contributed by atoms with E-state index >= 15 is 0 Å². The summed E-state index contributed by atoms with van der Waals surface area (Å²) in [6.45, 7) is 0.642. The number of unbranched alkanes of at least 4 members (excludes halogenated alkanes) is 1. The van der Waals surface area contributed by atoms with Gasteiger partial charge in [-0.1, -0.05) is 35.5 Å². The lowest BCUT2D eigenvalue weighted by Gasteiger charge is -2.05. The highest BCUT2D eigenvalue weighted by Crippen LogP contribution is 2.04. The molecule has 0 saturated heterocycles. The smallest absolute Gasteiger partial charge is 0.220 e. The van der Waals surface area contributed by atoms with Crippen LogP contribution in [0, 0.1) is 0 Å². The van der Waals surface area contributed by atoms with Crippen molar-refractivity contribution in [1.29, 1.82) is 0 Å². The standard InChI is InChI=1S/C15H23N3O2/c16-14(18-20)10-4-5-12-17-15(19)11-6-9-13-7-2-1-3-8-13/h1-3,7-8,20H,4-6,9-12H2,(H2,16,18)(H,17,19). The fourth-order valence-electron chi connectivity index (χ4n) is 1.90. The molecule has 0 radical (unpaired) electrons. The molecule has 0 spiro atoms. The number of aryl methyl sites for hydroxylation is 1.